The Labute approximate surface area is 200 Å². The average Bonchev–Trinajstić information content (AvgIpc) is 2.75. The highest BCUT2D eigenvalue weighted by atomic mass is 32.2. The van der Waals surface area contributed by atoms with E-state index in [-0.39, 0.29) is 25.3 Å². The predicted octanol–water partition coefficient (Wildman–Crippen LogP) is -4.47. The molecule has 0 rings (SSSR count). The minimum atomic E-state index is -1.65. The monoisotopic (exact) mass is 506 g/mol. The number of nitrogens with two attached hydrogens (primary N) is 4. The maximum atomic E-state index is 12.8. The number of hydrogen-bond acceptors (Lipinski definition) is 9. The molecule has 0 aliphatic carbocycles. The number of nitrogens with one attached hydrogen (secondary N) is 3. The molecule has 0 spiro atoms. The van der Waals surface area contributed by atoms with Crippen LogP contribution in [0.15, 0.2) is 4.99 Å². The lowest BCUT2D eigenvalue weighted by Crippen LogP contribution is -2.58. The van der Waals surface area contributed by atoms with E-state index in [4.69, 9.17) is 33.1 Å². The molecule has 0 saturated heterocycles. The topological polar surface area (TPSA) is 278 Å². The summed E-state index contributed by atoms with van der Waals surface area (Å²) in [4.78, 5) is 63.9. The summed E-state index contributed by atoms with van der Waals surface area (Å²) in [5.41, 5.74) is 21.4. The Morgan fingerprint density at radius 3 is 1.97 bits per heavy atom. The van der Waals surface area contributed by atoms with E-state index in [0.29, 0.717) is 12.2 Å². The molecule has 16 heteroatoms. The number of amides is 4. The number of carboxylic acids is 1. The summed E-state index contributed by atoms with van der Waals surface area (Å²) in [6, 6.07) is -5.23. The lowest BCUT2D eigenvalue weighted by Gasteiger charge is -2.24. The number of primary amides is 1. The quantitative estimate of drug-likeness (QED) is 0.0515. The Bertz CT molecular complexity index is 748. The number of aliphatic hydroxyl groups is 1. The van der Waals surface area contributed by atoms with E-state index in [0.717, 1.165) is 0 Å². The minimum Gasteiger partial charge on any atom is -0.480 e. The molecule has 34 heavy (non-hydrogen) atoms. The van der Waals surface area contributed by atoms with Crippen LogP contribution in [0.25, 0.3) is 0 Å². The van der Waals surface area contributed by atoms with Crippen molar-refractivity contribution in [2.75, 3.05) is 25.2 Å². The number of carbonyl (C=O) groups excluding carboxylic acids is 4. The Morgan fingerprint density at radius 1 is 0.912 bits per heavy atom. The summed E-state index contributed by atoms with van der Waals surface area (Å²) >= 11 is 1.41. The lowest BCUT2D eigenvalue weighted by molar-refractivity contribution is -0.143. The number of aliphatic carboxylic acids is 1. The molecule has 4 unspecified atom stereocenters. The first kappa shape index (κ1) is 30.9. The van der Waals surface area contributed by atoms with E-state index in [1.54, 1.807) is 6.26 Å². The highest BCUT2D eigenvalue weighted by molar-refractivity contribution is 7.98. The highest BCUT2D eigenvalue weighted by Gasteiger charge is 2.30. The Balaban J connectivity index is 5.28. The van der Waals surface area contributed by atoms with Crippen LogP contribution < -0.4 is 38.9 Å². The van der Waals surface area contributed by atoms with Gasteiger partial charge in [-0.05, 0) is 31.3 Å². The number of thioether (sulfide) groups is 1. The van der Waals surface area contributed by atoms with Gasteiger partial charge in [-0.3, -0.25) is 24.2 Å². The van der Waals surface area contributed by atoms with Crippen LogP contribution in [0.3, 0.4) is 0 Å². The summed E-state index contributed by atoms with van der Waals surface area (Å²) < 4.78 is 0. The standard InChI is InChI=1S/C18H34N8O7S/c1-34-6-4-10(24-14(29)9(19)3-2-5-23-18(21)22)15(30)25-11(7-13(20)28)16(31)26-12(8-27)17(32)33/h9-12,27H,2-8,19H2,1H3,(H2,20,28)(H,24,29)(H,25,30)(H,26,31)(H,32,33)(H4,21,22,23). The minimum absolute atomic E-state index is 0.0879. The fraction of sp³-hybridized carbons (Fsp3) is 0.667. The predicted molar refractivity (Wildman–Crippen MR) is 125 cm³/mol. The van der Waals surface area contributed by atoms with Crippen LogP contribution in [0, 0.1) is 0 Å². The third-order valence-corrected chi connectivity index (χ3v) is 5.03. The van der Waals surface area contributed by atoms with Gasteiger partial charge in [0.05, 0.1) is 19.1 Å². The van der Waals surface area contributed by atoms with Crippen LogP contribution in [0.2, 0.25) is 0 Å². The Morgan fingerprint density at radius 2 is 1.47 bits per heavy atom. The zero-order valence-corrected chi connectivity index (χ0v) is 19.7. The number of carbonyl (C=O) groups is 5. The van der Waals surface area contributed by atoms with Gasteiger partial charge in [0.1, 0.15) is 18.1 Å². The van der Waals surface area contributed by atoms with Gasteiger partial charge in [-0.15, -0.1) is 0 Å². The number of guanidine groups is 1. The third-order valence-electron chi connectivity index (χ3n) is 4.38. The third kappa shape index (κ3) is 12.8. The van der Waals surface area contributed by atoms with Crippen LogP contribution in [0.1, 0.15) is 25.7 Å². The molecule has 0 aromatic heterocycles. The fourth-order valence-corrected chi connectivity index (χ4v) is 3.05. The highest BCUT2D eigenvalue weighted by Crippen LogP contribution is 2.05. The first-order valence-electron chi connectivity index (χ1n) is 10.3. The lowest BCUT2D eigenvalue weighted by atomic mass is 10.1. The SMILES string of the molecule is CSCCC(NC(=O)C(N)CCCN=C(N)N)C(=O)NC(CC(N)=O)C(=O)NC(CO)C(=O)O. The summed E-state index contributed by atoms with van der Waals surface area (Å²) in [5.74, 6) is -4.53. The van der Waals surface area contributed by atoms with Crippen molar-refractivity contribution in [1.29, 1.82) is 0 Å². The van der Waals surface area contributed by atoms with Gasteiger partial charge in [0.25, 0.3) is 0 Å². The van der Waals surface area contributed by atoms with Gasteiger partial charge in [0.15, 0.2) is 5.96 Å². The molecule has 15 nitrogen and oxygen atoms in total. The van der Waals surface area contributed by atoms with Crippen LogP contribution >= 0.6 is 11.8 Å². The molecule has 0 heterocycles. The maximum Gasteiger partial charge on any atom is 0.328 e. The molecule has 0 saturated carbocycles. The van der Waals surface area contributed by atoms with Gasteiger partial charge >= 0.3 is 5.97 Å². The van der Waals surface area contributed by atoms with Gasteiger partial charge < -0.3 is 49.1 Å². The number of nitrogens with zero attached hydrogens (tertiary/aromatic N) is 1. The smallest absolute Gasteiger partial charge is 0.328 e. The second kappa shape index (κ2) is 16.5. The molecule has 0 fully saturated rings. The molecule has 13 N–H and O–H groups in total. The molecule has 0 radical (unpaired) electrons. The molecule has 0 aromatic carbocycles. The van der Waals surface area contributed by atoms with E-state index in [9.17, 15) is 24.0 Å². The number of aliphatic hydroxyl groups excluding tert-OH is 1. The van der Waals surface area contributed by atoms with Crippen molar-refractivity contribution in [3.63, 3.8) is 0 Å². The second-order valence-corrected chi connectivity index (χ2v) is 8.20. The van der Waals surface area contributed by atoms with Crippen molar-refractivity contribution in [2.24, 2.45) is 27.9 Å². The van der Waals surface area contributed by atoms with Gasteiger partial charge in [-0.25, -0.2) is 4.79 Å². The van der Waals surface area contributed by atoms with Crippen LogP contribution in [-0.4, -0.2) is 95.1 Å². The molecule has 0 aliphatic heterocycles. The van der Waals surface area contributed by atoms with E-state index >= 15 is 0 Å². The molecule has 0 aliphatic rings. The van der Waals surface area contributed by atoms with Gasteiger partial charge in [-0.2, -0.15) is 11.8 Å². The van der Waals surface area contributed by atoms with Gasteiger partial charge in [0, 0.05) is 6.54 Å². The number of hydrogen-bond donors (Lipinski definition) is 9. The van der Waals surface area contributed by atoms with Crippen molar-refractivity contribution < 1.29 is 34.2 Å². The summed E-state index contributed by atoms with van der Waals surface area (Å²) in [7, 11) is 0. The van der Waals surface area contributed by atoms with E-state index < -0.39 is 66.8 Å². The zero-order valence-electron chi connectivity index (χ0n) is 18.9. The van der Waals surface area contributed by atoms with Crippen LogP contribution in [-0.2, 0) is 24.0 Å². The summed E-state index contributed by atoms with van der Waals surface area (Å²) in [6.45, 7) is -0.638. The maximum absolute atomic E-state index is 12.8. The molecule has 4 atom stereocenters. The molecular weight excluding hydrogens is 472 g/mol. The average molecular weight is 507 g/mol. The summed E-state index contributed by atoms with van der Waals surface area (Å²) in [6.07, 6.45) is 1.99. The van der Waals surface area contributed by atoms with Gasteiger partial charge in [-0.1, -0.05) is 0 Å². The summed E-state index contributed by atoms with van der Waals surface area (Å²) in [5, 5.41) is 24.9. The van der Waals surface area contributed by atoms with Crippen molar-refractivity contribution >= 4 is 47.3 Å². The molecule has 0 aromatic rings. The first-order chi connectivity index (χ1) is 15.9. The Hall–Kier alpha value is -3.11. The van der Waals surface area contributed by atoms with Crippen LogP contribution in [0.4, 0.5) is 0 Å². The number of carboxylic acid groups (broad SMARTS) is 1. The van der Waals surface area contributed by atoms with Gasteiger partial charge in [0.2, 0.25) is 23.6 Å². The first-order valence-corrected chi connectivity index (χ1v) is 11.6. The van der Waals surface area contributed by atoms with Crippen molar-refractivity contribution in [3.8, 4) is 0 Å². The van der Waals surface area contributed by atoms with Crippen molar-refractivity contribution in [1.82, 2.24) is 16.0 Å². The molecule has 4 amide bonds. The molecular formula is C18H34N8O7S. The fourth-order valence-electron chi connectivity index (χ4n) is 2.57. The number of aliphatic imine (C=N–C) groups is 1. The Kier molecular flexibility index (Phi) is 15.0. The number of rotatable bonds is 17. The van der Waals surface area contributed by atoms with Crippen molar-refractivity contribution in [3.05, 3.63) is 0 Å². The molecule has 194 valence electrons. The van der Waals surface area contributed by atoms with Crippen LogP contribution in [0.5, 0.6) is 0 Å². The van der Waals surface area contributed by atoms with Crippen molar-refractivity contribution in [2.45, 2.75) is 49.9 Å². The van der Waals surface area contributed by atoms with E-state index in [2.05, 4.69) is 15.6 Å². The largest absolute Gasteiger partial charge is 0.480 e. The van der Waals surface area contributed by atoms with E-state index in [1.165, 1.54) is 11.8 Å². The zero-order chi connectivity index (χ0) is 26.3. The molecule has 0 bridgehead atoms. The normalized spacial score (nSPS) is 14.1. The second-order valence-electron chi connectivity index (χ2n) is 7.21. The van der Waals surface area contributed by atoms with E-state index in [1.807, 2.05) is 5.32 Å².